The van der Waals surface area contributed by atoms with Crippen molar-refractivity contribution in [3.8, 4) is 0 Å². The van der Waals surface area contributed by atoms with Gasteiger partial charge in [0.1, 0.15) is 5.60 Å². The second-order valence-corrected chi connectivity index (χ2v) is 7.11. The van der Waals surface area contributed by atoms with Crippen LogP contribution in [0, 0.1) is 5.92 Å². The van der Waals surface area contributed by atoms with Gasteiger partial charge in [0.15, 0.2) is 5.96 Å². The molecule has 24 heavy (non-hydrogen) atoms. The van der Waals surface area contributed by atoms with Gasteiger partial charge in [-0.05, 0) is 37.3 Å². The number of thiophene rings is 1. The first-order valence-corrected chi connectivity index (χ1v) is 9.15. The van der Waals surface area contributed by atoms with E-state index in [0.29, 0.717) is 12.5 Å². The smallest absolute Gasteiger partial charge is 0.191 e. The van der Waals surface area contributed by atoms with Crippen molar-refractivity contribution in [2.45, 2.75) is 32.9 Å². The molecule has 0 aliphatic carbocycles. The molecule has 0 saturated carbocycles. The quantitative estimate of drug-likeness (QED) is 0.504. The minimum absolute atomic E-state index is 0.316. The average molecular weight is 350 g/mol. The van der Waals surface area contributed by atoms with Crippen LogP contribution in [-0.4, -0.2) is 40.5 Å². The fourth-order valence-corrected chi connectivity index (χ4v) is 3.08. The van der Waals surface area contributed by atoms with E-state index in [0.717, 1.165) is 30.5 Å². The van der Waals surface area contributed by atoms with Crippen LogP contribution in [0.1, 0.15) is 25.6 Å². The zero-order valence-corrected chi connectivity index (χ0v) is 15.4. The number of hydrogen-bond donors (Lipinski definition) is 3. The number of rotatable bonds is 8. The Morgan fingerprint density at radius 2 is 2.29 bits per heavy atom. The van der Waals surface area contributed by atoms with Crippen LogP contribution in [-0.2, 0) is 12.1 Å². The molecule has 0 spiro atoms. The molecule has 0 radical (unpaired) electrons. The van der Waals surface area contributed by atoms with Crippen LogP contribution in [0.15, 0.2) is 41.0 Å². The zero-order valence-electron chi connectivity index (χ0n) is 14.6. The van der Waals surface area contributed by atoms with E-state index in [2.05, 4.69) is 27.6 Å². The minimum atomic E-state index is -0.947. The molecule has 132 valence electrons. The lowest BCUT2D eigenvalue weighted by atomic mass is 10.1. The van der Waals surface area contributed by atoms with Crippen molar-refractivity contribution in [3.63, 3.8) is 0 Å². The molecule has 0 bridgehead atoms. The lowest BCUT2D eigenvalue weighted by molar-refractivity contribution is 0.0711. The highest BCUT2D eigenvalue weighted by atomic mass is 32.1. The van der Waals surface area contributed by atoms with E-state index in [9.17, 15) is 5.11 Å². The summed E-state index contributed by atoms with van der Waals surface area (Å²) < 4.78 is 1.93. The highest BCUT2D eigenvalue weighted by Crippen LogP contribution is 2.25. The van der Waals surface area contributed by atoms with Gasteiger partial charge < -0.3 is 15.7 Å². The van der Waals surface area contributed by atoms with Crippen LogP contribution < -0.4 is 10.6 Å². The van der Waals surface area contributed by atoms with Gasteiger partial charge in [-0.3, -0.25) is 4.68 Å². The highest BCUT2D eigenvalue weighted by molar-refractivity contribution is 7.10. The third-order valence-corrected chi connectivity index (χ3v) is 4.74. The van der Waals surface area contributed by atoms with Crippen molar-refractivity contribution >= 4 is 17.3 Å². The van der Waals surface area contributed by atoms with Crippen LogP contribution in [0.4, 0.5) is 0 Å². The molecule has 2 aromatic rings. The van der Waals surface area contributed by atoms with Crippen molar-refractivity contribution < 1.29 is 5.11 Å². The van der Waals surface area contributed by atoms with E-state index in [-0.39, 0.29) is 0 Å². The Morgan fingerprint density at radius 1 is 1.46 bits per heavy atom. The lowest BCUT2D eigenvalue weighted by Crippen LogP contribution is -2.41. The van der Waals surface area contributed by atoms with Crippen molar-refractivity contribution in [2.24, 2.45) is 10.9 Å². The number of aliphatic hydroxyl groups is 1. The Bertz CT molecular complexity index is 607. The van der Waals surface area contributed by atoms with Gasteiger partial charge in [0.05, 0.1) is 6.54 Å². The zero-order chi connectivity index (χ0) is 17.4. The first kappa shape index (κ1) is 18.5. The van der Waals surface area contributed by atoms with E-state index in [1.807, 2.05) is 41.4 Å². The molecule has 3 N–H and O–H groups in total. The molecule has 2 atom stereocenters. The fourth-order valence-electron chi connectivity index (χ4n) is 2.30. The van der Waals surface area contributed by atoms with Gasteiger partial charge in [-0.1, -0.05) is 13.0 Å². The van der Waals surface area contributed by atoms with E-state index in [1.165, 1.54) is 0 Å². The molecule has 0 fully saturated rings. The van der Waals surface area contributed by atoms with Crippen molar-refractivity contribution in [2.75, 3.05) is 19.6 Å². The normalized spacial score (nSPS) is 15.8. The van der Waals surface area contributed by atoms with Gasteiger partial charge in [-0.2, -0.15) is 5.10 Å². The van der Waals surface area contributed by atoms with Crippen molar-refractivity contribution in [1.82, 2.24) is 20.4 Å². The van der Waals surface area contributed by atoms with Crippen LogP contribution in [0.3, 0.4) is 0 Å². The Balaban J connectivity index is 1.88. The van der Waals surface area contributed by atoms with Gasteiger partial charge in [0.25, 0.3) is 0 Å². The van der Waals surface area contributed by atoms with Crippen molar-refractivity contribution in [1.29, 1.82) is 0 Å². The van der Waals surface area contributed by atoms with Crippen LogP contribution in [0.25, 0.3) is 0 Å². The van der Waals surface area contributed by atoms with Gasteiger partial charge >= 0.3 is 0 Å². The maximum atomic E-state index is 10.6. The second kappa shape index (κ2) is 8.84. The van der Waals surface area contributed by atoms with Crippen LogP contribution >= 0.6 is 11.3 Å². The number of aliphatic imine (C=N–C) groups is 1. The third-order valence-electron chi connectivity index (χ3n) is 3.62. The third kappa shape index (κ3) is 5.65. The van der Waals surface area contributed by atoms with E-state index in [1.54, 1.807) is 24.5 Å². The number of nitrogens with zero attached hydrogens (tertiary/aromatic N) is 3. The van der Waals surface area contributed by atoms with E-state index in [4.69, 9.17) is 0 Å². The number of guanidine groups is 1. The summed E-state index contributed by atoms with van der Waals surface area (Å²) in [6.45, 7) is 8.73. The largest absolute Gasteiger partial charge is 0.383 e. The monoisotopic (exact) mass is 349 g/mol. The predicted octanol–water partition coefficient (Wildman–Crippen LogP) is 2.04. The molecule has 2 aromatic heterocycles. The SMILES string of the molecule is CCNC(=NCC(C)(O)c1cccs1)NCC(C)Cn1cccn1. The standard InChI is InChI=1S/C17H27N5OS/c1-4-18-16(19-11-14(2)12-22-9-6-8-21-22)20-13-17(3,23)15-7-5-10-24-15/h5-10,14,23H,4,11-13H2,1-3H3,(H2,18,19,20). The molecule has 2 rings (SSSR count). The number of hydrogen-bond acceptors (Lipinski definition) is 4. The molecule has 0 saturated heterocycles. The van der Waals surface area contributed by atoms with Crippen LogP contribution in [0.5, 0.6) is 0 Å². The second-order valence-electron chi connectivity index (χ2n) is 6.16. The number of aromatic nitrogens is 2. The Hall–Kier alpha value is -1.86. The predicted molar refractivity (Wildman–Crippen MR) is 99.3 cm³/mol. The summed E-state index contributed by atoms with van der Waals surface area (Å²) in [5.41, 5.74) is -0.947. The van der Waals surface area contributed by atoms with Crippen LogP contribution in [0.2, 0.25) is 0 Å². The summed E-state index contributed by atoms with van der Waals surface area (Å²) in [5, 5.41) is 23.3. The molecule has 0 aromatic carbocycles. The molecular formula is C17H27N5OS. The van der Waals surface area contributed by atoms with Gasteiger partial charge in [-0.15, -0.1) is 11.3 Å². The van der Waals surface area contributed by atoms with E-state index >= 15 is 0 Å². The van der Waals surface area contributed by atoms with Gasteiger partial charge in [-0.25, -0.2) is 4.99 Å². The maximum Gasteiger partial charge on any atom is 0.191 e. The minimum Gasteiger partial charge on any atom is -0.383 e. The Morgan fingerprint density at radius 3 is 2.92 bits per heavy atom. The lowest BCUT2D eigenvalue weighted by Gasteiger charge is -2.21. The molecule has 7 heteroatoms. The summed E-state index contributed by atoms with van der Waals surface area (Å²) in [5.74, 6) is 1.13. The molecule has 2 heterocycles. The number of nitrogens with one attached hydrogen (secondary N) is 2. The van der Waals surface area contributed by atoms with Crippen molar-refractivity contribution in [3.05, 3.63) is 40.8 Å². The summed E-state index contributed by atoms with van der Waals surface area (Å²) in [4.78, 5) is 5.46. The Labute approximate surface area is 147 Å². The molecule has 0 aliphatic rings. The Kier molecular flexibility index (Phi) is 6.81. The molecule has 0 amide bonds. The van der Waals surface area contributed by atoms with Gasteiger partial charge in [0, 0.05) is 36.9 Å². The summed E-state index contributed by atoms with van der Waals surface area (Å²) in [6.07, 6.45) is 3.76. The summed E-state index contributed by atoms with van der Waals surface area (Å²) in [7, 11) is 0. The fraction of sp³-hybridized carbons (Fsp3) is 0.529. The maximum absolute atomic E-state index is 10.6. The summed E-state index contributed by atoms with van der Waals surface area (Å²) in [6, 6.07) is 5.81. The topological polar surface area (TPSA) is 74.5 Å². The van der Waals surface area contributed by atoms with E-state index < -0.39 is 5.60 Å². The molecular weight excluding hydrogens is 322 g/mol. The molecule has 6 nitrogen and oxygen atoms in total. The van der Waals surface area contributed by atoms with Gasteiger partial charge in [0.2, 0.25) is 0 Å². The average Bonchev–Trinajstić information content (AvgIpc) is 3.23. The molecule has 0 aliphatic heterocycles. The molecule has 2 unspecified atom stereocenters. The first-order chi connectivity index (χ1) is 11.5. The highest BCUT2D eigenvalue weighted by Gasteiger charge is 2.24. The first-order valence-electron chi connectivity index (χ1n) is 8.27. The summed E-state index contributed by atoms with van der Waals surface area (Å²) >= 11 is 1.55.